The lowest BCUT2D eigenvalue weighted by Gasteiger charge is -2.15. The van der Waals surface area contributed by atoms with Crippen molar-refractivity contribution in [1.82, 2.24) is 0 Å². The molecule has 0 radical (unpaired) electrons. The van der Waals surface area contributed by atoms with Crippen molar-refractivity contribution in [3.63, 3.8) is 0 Å². The lowest BCUT2D eigenvalue weighted by atomic mass is 10.0. The molecular weight excluding hydrogens is 317 g/mol. The molecule has 1 aromatic heterocycles. The molecule has 0 amide bonds. The maximum absolute atomic E-state index is 14.1. The highest BCUT2D eigenvalue weighted by molar-refractivity contribution is 9.10. The molecule has 0 aliphatic carbocycles. The van der Waals surface area contributed by atoms with E-state index in [0.717, 1.165) is 0 Å². The van der Waals surface area contributed by atoms with Crippen molar-refractivity contribution in [2.45, 2.75) is 6.04 Å². The van der Waals surface area contributed by atoms with E-state index in [-0.39, 0.29) is 0 Å². The van der Waals surface area contributed by atoms with E-state index in [1.807, 2.05) is 0 Å². The monoisotopic (exact) mass is 329 g/mol. The van der Waals surface area contributed by atoms with Crippen LogP contribution < -0.4 is 15.2 Å². The highest BCUT2D eigenvalue weighted by Gasteiger charge is 2.20. The summed E-state index contributed by atoms with van der Waals surface area (Å²) in [7, 11) is 2.93. The molecular formula is C13H13BrFNO3. The number of nitrogens with two attached hydrogens (primary N) is 1. The number of hydrogen-bond acceptors (Lipinski definition) is 4. The zero-order chi connectivity index (χ0) is 14.0. The van der Waals surface area contributed by atoms with Gasteiger partial charge in [-0.25, -0.2) is 4.39 Å². The van der Waals surface area contributed by atoms with E-state index in [1.165, 1.54) is 32.6 Å². The van der Waals surface area contributed by atoms with E-state index >= 15 is 0 Å². The number of rotatable bonds is 4. The van der Waals surface area contributed by atoms with Crippen molar-refractivity contribution in [2.75, 3.05) is 14.2 Å². The molecule has 0 spiro atoms. The average Bonchev–Trinajstić information content (AvgIpc) is 2.83. The van der Waals surface area contributed by atoms with Gasteiger partial charge in [-0.2, -0.15) is 0 Å². The number of furan rings is 1. The summed E-state index contributed by atoms with van der Waals surface area (Å²) in [4.78, 5) is 0. The Labute approximate surface area is 118 Å². The Morgan fingerprint density at radius 1 is 1.21 bits per heavy atom. The summed E-state index contributed by atoms with van der Waals surface area (Å²) in [5.74, 6) is 0.287. The molecule has 1 unspecified atom stereocenters. The summed E-state index contributed by atoms with van der Waals surface area (Å²) in [5.41, 5.74) is 7.01. The molecule has 0 aliphatic rings. The topological polar surface area (TPSA) is 57.6 Å². The van der Waals surface area contributed by atoms with Crippen molar-refractivity contribution in [3.8, 4) is 11.5 Å². The van der Waals surface area contributed by atoms with Crippen molar-refractivity contribution >= 4 is 15.9 Å². The second-order valence-electron chi connectivity index (χ2n) is 3.86. The van der Waals surface area contributed by atoms with Gasteiger partial charge >= 0.3 is 0 Å². The molecule has 4 nitrogen and oxygen atoms in total. The van der Waals surface area contributed by atoms with Crippen molar-refractivity contribution in [3.05, 3.63) is 46.1 Å². The summed E-state index contributed by atoms with van der Waals surface area (Å²) in [5, 5.41) is 0. The van der Waals surface area contributed by atoms with Gasteiger partial charge in [0, 0.05) is 17.2 Å². The Balaban J connectivity index is 2.48. The van der Waals surface area contributed by atoms with Crippen LogP contribution in [0.15, 0.2) is 33.5 Å². The lowest BCUT2D eigenvalue weighted by molar-refractivity contribution is 0.351. The SMILES string of the molecule is COc1cc(F)c(C(N)c2ccoc2Br)cc1OC. The molecule has 1 heterocycles. The second kappa shape index (κ2) is 5.63. The third-order valence-electron chi connectivity index (χ3n) is 2.82. The molecule has 0 saturated carbocycles. The van der Waals surface area contributed by atoms with Crippen LogP contribution in [0.4, 0.5) is 4.39 Å². The Morgan fingerprint density at radius 3 is 2.37 bits per heavy atom. The predicted molar refractivity (Wildman–Crippen MR) is 71.9 cm³/mol. The number of benzene rings is 1. The number of ether oxygens (including phenoxy) is 2. The maximum atomic E-state index is 14.1. The number of hydrogen-bond donors (Lipinski definition) is 1. The van der Waals surface area contributed by atoms with Crippen LogP contribution in [0, 0.1) is 5.82 Å². The smallest absolute Gasteiger partial charge is 0.174 e. The Morgan fingerprint density at radius 2 is 1.84 bits per heavy atom. The van der Waals surface area contributed by atoms with Gasteiger partial charge in [0.25, 0.3) is 0 Å². The quantitative estimate of drug-likeness (QED) is 0.935. The highest BCUT2D eigenvalue weighted by Crippen LogP contribution is 2.35. The van der Waals surface area contributed by atoms with Gasteiger partial charge in [-0.1, -0.05) is 0 Å². The van der Waals surface area contributed by atoms with Crippen LogP contribution in [0.5, 0.6) is 11.5 Å². The Kier molecular flexibility index (Phi) is 4.11. The van der Waals surface area contributed by atoms with Crippen LogP contribution in [0.25, 0.3) is 0 Å². The van der Waals surface area contributed by atoms with Crippen LogP contribution >= 0.6 is 15.9 Å². The van der Waals surface area contributed by atoms with Crippen LogP contribution in [0.1, 0.15) is 17.2 Å². The first-order chi connectivity index (χ1) is 9.08. The van der Waals surface area contributed by atoms with Gasteiger partial charge < -0.3 is 19.6 Å². The van der Waals surface area contributed by atoms with Gasteiger partial charge in [0.05, 0.1) is 26.5 Å². The molecule has 102 valence electrons. The lowest BCUT2D eigenvalue weighted by Crippen LogP contribution is -2.14. The normalized spacial score (nSPS) is 12.3. The van der Waals surface area contributed by atoms with E-state index in [4.69, 9.17) is 19.6 Å². The van der Waals surface area contributed by atoms with Gasteiger partial charge in [-0.3, -0.25) is 0 Å². The fraction of sp³-hybridized carbons (Fsp3) is 0.231. The van der Waals surface area contributed by atoms with E-state index < -0.39 is 11.9 Å². The zero-order valence-electron chi connectivity index (χ0n) is 10.4. The van der Waals surface area contributed by atoms with Gasteiger partial charge in [-0.05, 0) is 28.1 Å². The first kappa shape index (κ1) is 13.9. The molecule has 2 rings (SSSR count). The zero-order valence-corrected chi connectivity index (χ0v) is 12.0. The standard InChI is InChI=1S/C13H13BrFNO3/c1-17-10-5-8(9(15)6-11(10)18-2)12(16)7-3-4-19-13(7)14/h3-6,12H,16H2,1-2H3. The summed E-state index contributed by atoms with van der Waals surface area (Å²) >= 11 is 3.23. The molecule has 0 saturated heterocycles. The number of halogens is 2. The van der Waals surface area contributed by atoms with Crippen LogP contribution in [-0.2, 0) is 0 Å². The average molecular weight is 330 g/mol. The Hall–Kier alpha value is -1.53. The van der Waals surface area contributed by atoms with Crippen molar-refractivity contribution in [1.29, 1.82) is 0 Å². The minimum Gasteiger partial charge on any atom is -0.493 e. The van der Waals surface area contributed by atoms with Gasteiger partial charge in [-0.15, -0.1) is 0 Å². The third-order valence-corrected chi connectivity index (χ3v) is 3.46. The summed E-state index contributed by atoms with van der Waals surface area (Å²) in [6.07, 6.45) is 1.48. The minimum atomic E-state index is -0.659. The van der Waals surface area contributed by atoms with Crippen molar-refractivity contribution in [2.24, 2.45) is 5.73 Å². The molecule has 0 fully saturated rings. The first-order valence-electron chi connectivity index (χ1n) is 5.48. The van der Waals surface area contributed by atoms with E-state index in [0.29, 0.717) is 27.3 Å². The van der Waals surface area contributed by atoms with Gasteiger partial charge in [0.1, 0.15) is 5.82 Å². The van der Waals surface area contributed by atoms with E-state index in [9.17, 15) is 4.39 Å². The molecule has 2 aromatic rings. The van der Waals surface area contributed by atoms with Crippen molar-refractivity contribution < 1.29 is 18.3 Å². The molecule has 1 atom stereocenters. The number of methoxy groups -OCH3 is 2. The first-order valence-corrected chi connectivity index (χ1v) is 6.27. The largest absolute Gasteiger partial charge is 0.493 e. The molecule has 2 N–H and O–H groups in total. The fourth-order valence-electron chi connectivity index (χ4n) is 1.80. The minimum absolute atomic E-state index is 0.305. The molecule has 19 heavy (non-hydrogen) atoms. The van der Waals surface area contributed by atoms with Crippen LogP contribution in [0.2, 0.25) is 0 Å². The molecule has 0 bridgehead atoms. The molecule has 6 heteroatoms. The highest BCUT2D eigenvalue weighted by atomic mass is 79.9. The van der Waals surface area contributed by atoms with Crippen LogP contribution in [-0.4, -0.2) is 14.2 Å². The summed E-state index contributed by atoms with van der Waals surface area (Å²) in [6, 6.07) is 3.80. The molecule has 1 aromatic carbocycles. The fourth-order valence-corrected chi connectivity index (χ4v) is 2.29. The predicted octanol–water partition coefficient (Wildman–Crippen LogP) is 3.25. The van der Waals surface area contributed by atoms with E-state index in [2.05, 4.69) is 15.9 Å². The third kappa shape index (κ3) is 2.59. The summed E-state index contributed by atoms with van der Waals surface area (Å²) in [6.45, 7) is 0. The van der Waals surface area contributed by atoms with E-state index in [1.54, 1.807) is 6.07 Å². The van der Waals surface area contributed by atoms with Gasteiger partial charge in [0.15, 0.2) is 16.2 Å². The summed E-state index contributed by atoms with van der Waals surface area (Å²) < 4.78 is 29.8. The maximum Gasteiger partial charge on any atom is 0.174 e. The molecule has 0 aliphatic heterocycles. The second-order valence-corrected chi connectivity index (χ2v) is 4.58. The van der Waals surface area contributed by atoms with Crippen LogP contribution in [0.3, 0.4) is 0 Å². The Bertz CT molecular complexity index is 585. The van der Waals surface area contributed by atoms with Gasteiger partial charge in [0.2, 0.25) is 0 Å².